The number of methoxy groups -OCH3 is 1. The summed E-state index contributed by atoms with van der Waals surface area (Å²) < 4.78 is 10.5. The summed E-state index contributed by atoms with van der Waals surface area (Å²) in [4.78, 5) is 0. The Bertz CT molecular complexity index is 109. The van der Waals surface area contributed by atoms with Gasteiger partial charge in [-0.2, -0.15) is 0 Å². The van der Waals surface area contributed by atoms with Crippen molar-refractivity contribution in [3.63, 3.8) is 0 Å². The molecular formula is C7H16N2O2. The molecule has 0 aromatic heterocycles. The highest BCUT2D eigenvalue weighted by Crippen LogP contribution is 2.17. The predicted molar refractivity (Wildman–Crippen MR) is 41.9 cm³/mol. The average Bonchev–Trinajstić information content (AvgIpc) is 2.03. The van der Waals surface area contributed by atoms with Gasteiger partial charge >= 0.3 is 0 Å². The van der Waals surface area contributed by atoms with Crippen molar-refractivity contribution in [1.29, 1.82) is 0 Å². The fraction of sp³-hybridized carbons (Fsp3) is 1.00. The van der Waals surface area contributed by atoms with Gasteiger partial charge in [-0.1, -0.05) is 0 Å². The van der Waals surface area contributed by atoms with Crippen LogP contribution in [0, 0.1) is 0 Å². The minimum atomic E-state index is -0.160. The molecule has 1 aliphatic heterocycles. The Hall–Kier alpha value is -0.160. The molecule has 0 radical (unpaired) electrons. The van der Waals surface area contributed by atoms with E-state index in [9.17, 15) is 0 Å². The largest absolute Gasteiger partial charge is 0.356 e. The predicted octanol–water partition coefficient (Wildman–Crippen LogP) is -0.576. The van der Waals surface area contributed by atoms with Crippen LogP contribution in [0.25, 0.3) is 0 Å². The summed E-state index contributed by atoms with van der Waals surface area (Å²) in [6.45, 7) is 0.521. The minimum Gasteiger partial charge on any atom is -0.356 e. The highest BCUT2D eigenvalue weighted by Gasteiger charge is 2.25. The van der Waals surface area contributed by atoms with Crippen LogP contribution in [0.1, 0.15) is 12.8 Å². The first-order chi connectivity index (χ1) is 5.26. The van der Waals surface area contributed by atoms with Crippen molar-refractivity contribution in [2.45, 2.75) is 31.3 Å². The van der Waals surface area contributed by atoms with Crippen LogP contribution in [0.3, 0.4) is 0 Å². The standard InChI is InChI=1S/C7H16N2O2/c1-10-7-3-5(9)2-6(4-8)11-7/h5-7H,2-4,8-9H2,1H3. The van der Waals surface area contributed by atoms with Gasteiger partial charge in [0, 0.05) is 26.1 Å². The third-order valence-electron chi connectivity index (χ3n) is 1.93. The quantitative estimate of drug-likeness (QED) is 0.567. The number of rotatable bonds is 2. The number of nitrogens with two attached hydrogens (primary N) is 2. The number of ether oxygens (including phenoxy) is 2. The molecule has 0 spiro atoms. The molecule has 0 saturated carbocycles. The molecule has 1 saturated heterocycles. The third kappa shape index (κ3) is 2.41. The van der Waals surface area contributed by atoms with Crippen LogP contribution in [-0.2, 0) is 9.47 Å². The van der Waals surface area contributed by atoms with Crippen molar-refractivity contribution in [2.75, 3.05) is 13.7 Å². The molecule has 0 aliphatic carbocycles. The van der Waals surface area contributed by atoms with E-state index in [2.05, 4.69) is 0 Å². The molecule has 1 aliphatic rings. The van der Waals surface area contributed by atoms with E-state index in [0.29, 0.717) is 6.54 Å². The molecule has 0 amide bonds. The van der Waals surface area contributed by atoms with E-state index < -0.39 is 0 Å². The fourth-order valence-electron chi connectivity index (χ4n) is 1.31. The lowest BCUT2D eigenvalue weighted by Gasteiger charge is -2.31. The summed E-state index contributed by atoms with van der Waals surface area (Å²) >= 11 is 0. The monoisotopic (exact) mass is 160 g/mol. The summed E-state index contributed by atoms with van der Waals surface area (Å²) in [5.74, 6) is 0. The molecule has 1 heterocycles. The van der Waals surface area contributed by atoms with Crippen molar-refractivity contribution >= 4 is 0 Å². The smallest absolute Gasteiger partial charge is 0.159 e. The van der Waals surface area contributed by atoms with Crippen molar-refractivity contribution in [3.8, 4) is 0 Å². The topological polar surface area (TPSA) is 70.5 Å². The summed E-state index contributed by atoms with van der Waals surface area (Å²) in [6.07, 6.45) is 1.53. The summed E-state index contributed by atoms with van der Waals surface area (Å²) in [5, 5.41) is 0. The molecular weight excluding hydrogens is 144 g/mol. The van der Waals surface area contributed by atoms with Gasteiger partial charge in [0.05, 0.1) is 6.10 Å². The lowest BCUT2D eigenvalue weighted by Crippen LogP contribution is -2.43. The summed E-state index contributed by atoms with van der Waals surface area (Å²) in [6, 6.07) is 0.169. The van der Waals surface area contributed by atoms with E-state index in [1.54, 1.807) is 7.11 Å². The van der Waals surface area contributed by atoms with Crippen LogP contribution in [-0.4, -0.2) is 32.1 Å². The molecule has 1 fully saturated rings. The second kappa shape index (κ2) is 4.01. The van der Waals surface area contributed by atoms with E-state index in [-0.39, 0.29) is 18.4 Å². The van der Waals surface area contributed by atoms with E-state index >= 15 is 0 Å². The number of hydrogen-bond donors (Lipinski definition) is 2. The molecule has 0 aromatic rings. The zero-order valence-corrected chi connectivity index (χ0v) is 6.82. The third-order valence-corrected chi connectivity index (χ3v) is 1.93. The first-order valence-corrected chi connectivity index (χ1v) is 3.90. The van der Waals surface area contributed by atoms with Crippen LogP contribution >= 0.6 is 0 Å². The van der Waals surface area contributed by atoms with Crippen LogP contribution in [0.15, 0.2) is 0 Å². The van der Waals surface area contributed by atoms with Gasteiger partial charge < -0.3 is 20.9 Å². The molecule has 3 atom stereocenters. The van der Waals surface area contributed by atoms with E-state index in [1.807, 2.05) is 0 Å². The maximum Gasteiger partial charge on any atom is 0.159 e. The molecule has 66 valence electrons. The van der Waals surface area contributed by atoms with Crippen LogP contribution in [0.2, 0.25) is 0 Å². The molecule has 3 unspecified atom stereocenters. The molecule has 4 heteroatoms. The SMILES string of the molecule is COC1CC(N)CC(CN)O1. The lowest BCUT2D eigenvalue weighted by molar-refractivity contribution is -0.180. The van der Waals surface area contributed by atoms with E-state index in [0.717, 1.165) is 12.8 Å². The second-order valence-electron chi connectivity index (χ2n) is 2.89. The molecule has 4 N–H and O–H groups in total. The average molecular weight is 160 g/mol. The summed E-state index contributed by atoms with van der Waals surface area (Å²) in [5.41, 5.74) is 11.2. The van der Waals surface area contributed by atoms with E-state index in [1.165, 1.54) is 0 Å². The second-order valence-corrected chi connectivity index (χ2v) is 2.89. The highest BCUT2D eigenvalue weighted by atomic mass is 16.7. The Morgan fingerprint density at radius 1 is 1.55 bits per heavy atom. The Kier molecular flexibility index (Phi) is 3.26. The van der Waals surface area contributed by atoms with Crippen molar-refractivity contribution in [3.05, 3.63) is 0 Å². The van der Waals surface area contributed by atoms with Gasteiger partial charge in [0.1, 0.15) is 0 Å². The number of hydrogen-bond acceptors (Lipinski definition) is 4. The van der Waals surface area contributed by atoms with Gasteiger partial charge in [0.15, 0.2) is 6.29 Å². The van der Waals surface area contributed by atoms with Gasteiger partial charge in [-0.25, -0.2) is 0 Å². The molecule has 11 heavy (non-hydrogen) atoms. The van der Waals surface area contributed by atoms with Gasteiger partial charge in [-0.15, -0.1) is 0 Å². The lowest BCUT2D eigenvalue weighted by atomic mass is 10.0. The normalized spacial score (nSPS) is 39.0. The minimum absolute atomic E-state index is 0.0729. The Morgan fingerprint density at radius 3 is 2.82 bits per heavy atom. The highest BCUT2D eigenvalue weighted by molar-refractivity contribution is 4.76. The maximum atomic E-state index is 5.75. The van der Waals surface area contributed by atoms with Crippen LogP contribution in [0.4, 0.5) is 0 Å². The molecule has 0 bridgehead atoms. The van der Waals surface area contributed by atoms with Crippen LogP contribution < -0.4 is 11.5 Å². The Morgan fingerprint density at radius 2 is 2.27 bits per heavy atom. The molecule has 4 nitrogen and oxygen atoms in total. The zero-order valence-electron chi connectivity index (χ0n) is 6.82. The first kappa shape index (κ1) is 8.93. The maximum absolute atomic E-state index is 5.75. The van der Waals surface area contributed by atoms with Crippen molar-refractivity contribution < 1.29 is 9.47 Å². The van der Waals surface area contributed by atoms with Gasteiger partial charge in [-0.3, -0.25) is 0 Å². The van der Waals surface area contributed by atoms with Gasteiger partial charge in [-0.05, 0) is 6.42 Å². The fourth-order valence-corrected chi connectivity index (χ4v) is 1.31. The van der Waals surface area contributed by atoms with Crippen molar-refractivity contribution in [2.24, 2.45) is 11.5 Å². The van der Waals surface area contributed by atoms with E-state index in [4.69, 9.17) is 20.9 Å². The Labute approximate surface area is 66.8 Å². The van der Waals surface area contributed by atoms with Gasteiger partial charge in [0.25, 0.3) is 0 Å². The molecule has 0 aromatic carbocycles. The summed E-state index contributed by atoms with van der Waals surface area (Å²) in [7, 11) is 1.62. The van der Waals surface area contributed by atoms with Crippen LogP contribution in [0.5, 0.6) is 0 Å². The zero-order chi connectivity index (χ0) is 8.27. The first-order valence-electron chi connectivity index (χ1n) is 3.90. The Balaban J connectivity index is 2.37. The molecule has 1 rings (SSSR count). The van der Waals surface area contributed by atoms with Gasteiger partial charge in [0.2, 0.25) is 0 Å². The van der Waals surface area contributed by atoms with Crippen molar-refractivity contribution in [1.82, 2.24) is 0 Å².